The monoisotopic (exact) mass is 210 g/mol. The molecule has 1 heterocycles. The highest BCUT2D eigenvalue weighted by molar-refractivity contribution is 7.71. The summed E-state index contributed by atoms with van der Waals surface area (Å²) in [6.45, 7) is 1.97. The first kappa shape index (κ1) is 9.43. The highest BCUT2D eigenvalue weighted by atomic mass is 32.1. The third-order valence-corrected chi connectivity index (χ3v) is 2.34. The Balaban J connectivity index is 2.55. The molecule has 0 aliphatic carbocycles. The van der Waals surface area contributed by atoms with Gasteiger partial charge in [-0.05, 0) is 24.6 Å². The topological polar surface area (TPSA) is 35.5 Å². The van der Waals surface area contributed by atoms with E-state index in [1.165, 1.54) is 0 Å². The number of hydrogen-bond donors (Lipinski definition) is 0. The van der Waals surface area contributed by atoms with Gasteiger partial charge in [-0.1, -0.05) is 6.07 Å². The molecule has 14 heavy (non-hydrogen) atoms. The van der Waals surface area contributed by atoms with E-state index < -0.39 is 0 Å². The van der Waals surface area contributed by atoms with Crippen LogP contribution in [0.3, 0.4) is 0 Å². The van der Waals surface area contributed by atoms with Gasteiger partial charge < -0.3 is 13.6 Å². The molecule has 1 atom stereocenters. The second kappa shape index (κ2) is 3.55. The molecule has 2 rings (SSSR count). The minimum Gasteiger partial charge on any atom is -0.413 e. The summed E-state index contributed by atoms with van der Waals surface area (Å²) < 4.78 is 15.5. The van der Waals surface area contributed by atoms with Crippen LogP contribution >= 0.6 is 12.2 Å². The minimum atomic E-state index is 0.0399. The van der Waals surface area contributed by atoms with Crippen LogP contribution < -0.4 is 0 Å². The van der Waals surface area contributed by atoms with E-state index >= 15 is 0 Å². The molecule has 0 saturated heterocycles. The Bertz CT molecular complexity index is 497. The molecular weight excluding hydrogens is 200 g/mol. The molecule has 1 unspecified atom stereocenters. The quantitative estimate of drug-likeness (QED) is 0.711. The Morgan fingerprint density at radius 3 is 2.71 bits per heavy atom. The average Bonchev–Trinajstić information content (AvgIpc) is 2.55. The predicted molar refractivity (Wildman–Crippen MR) is 54.7 cm³/mol. The SMILES string of the molecule is COC(C)c1ccc2oc(=S)oc2c1. The van der Waals surface area contributed by atoms with E-state index in [4.69, 9.17) is 25.8 Å². The van der Waals surface area contributed by atoms with Gasteiger partial charge in [0.05, 0.1) is 6.10 Å². The first-order valence-electron chi connectivity index (χ1n) is 4.27. The van der Waals surface area contributed by atoms with Crippen LogP contribution in [-0.4, -0.2) is 7.11 Å². The van der Waals surface area contributed by atoms with Gasteiger partial charge in [-0.3, -0.25) is 0 Å². The molecule has 0 fully saturated rings. The number of fused-ring (bicyclic) bond motifs is 1. The van der Waals surface area contributed by atoms with Crippen molar-refractivity contribution >= 4 is 23.4 Å². The van der Waals surface area contributed by atoms with Gasteiger partial charge in [-0.25, -0.2) is 0 Å². The maximum atomic E-state index is 5.20. The lowest BCUT2D eigenvalue weighted by molar-refractivity contribution is 0.119. The zero-order chi connectivity index (χ0) is 10.1. The fourth-order valence-electron chi connectivity index (χ4n) is 1.28. The molecular formula is C10H10O3S. The predicted octanol–water partition coefficient (Wildman–Crippen LogP) is 3.46. The summed E-state index contributed by atoms with van der Waals surface area (Å²) >= 11 is 4.79. The van der Waals surface area contributed by atoms with E-state index in [2.05, 4.69) is 0 Å². The summed E-state index contributed by atoms with van der Waals surface area (Å²) in [6, 6.07) is 5.65. The van der Waals surface area contributed by atoms with Gasteiger partial charge in [-0.2, -0.15) is 0 Å². The standard InChI is InChI=1S/C10H10O3S/c1-6(11-2)7-3-4-8-9(5-7)13-10(14)12-8/h3-6H,1-2H3. The molecule has 0 aliphatic heterocycles. The van der Waals surface area contributed by atoms with Crippen molar-refractivity contribution in [2.75, 3.05) is 7.11 Å². The van der Waals surface area contributed by atoms with Crippen LogP contribution in [-0.2, 0) is 4.74 Å². The first-order chi connectivity index (χ1) is 6.70. The summed E-state index contributed by atoms with van der Waals surface area (Å²) in [5.74, 6) is 0. The van der Waals surface area contributed by atoms with E-state index in [9.17, 15) is 0 Å². The molecule has 0 spiro atoms. The lowest BCUT2D eigenvalue weighted by Gasteiger charge is -2.08. The molecule has 0 aliphatic rings. The van der Waals surface area contributed by atoms with Crippen LogP contribution in [0.1, 0.15) is 18.6 Å². The fourth-order valence-corrected chi connectivity index (χ4v) is 1.46. The van der Waals surface area contributed by atoms with Crippen molar-refractivity contribution in [1.29, 1.82) is 0 Å². The zero-order valence-corrected chi connectivity index (χ0v) is 8.76. The molecule has 1 aromatic heterocycles. The first-order valence-corrected chi connectivity index (χ1v) is 4.68. The fraction of sp³-hybridized carbons (Fsp3) is 0.300. The molecule has 74 valence electrons. The van der Waals surface area contributed by atoms with Crippen LogP contribution in [0.2, 0.25) is 0 Å². The van der Waals surface area contributed by atoms with Crippen molar-refractivity contribution in [3.05, 3.63) is 28.7 Å². The Kier molecular flexibility index (Phi) is 2.39. The summed E-state index contributed by atoms with van der Waals surface area (Å²) in [5.41, 5.74) is 2.37. The van der Waals surface area contributed by atoms with Gasteiger partial charge in [0.15, 0.2) is 11.2 Å². The van der Waals surface area contributed by atoms with E-state index in [-0.39, 0.29) is 11.0 Å². The lowest BCUT2D eigenvalue weighted by atomic mass is 10.1. The minimum absolute atomic E-state index is 0.0399. The van der Waals surface area contributed by atoms with Gasteiger partial charge in [0.1, 0.15) is 0 Å². The number of hydrogen-bond acceptors (Lipinski definition) is 4. The smallest absolute Gasteiger partial charge is 0.363 e. The normalized spacial score (nSPS) is 13.3. The molecule has 0 N–H and O–H groups in total. The van der Waals surface area contributed by atoms with Crippen molar-refractivity contribution in [3.63, 3.8) is 0 Å². The summed E-state index contributed by atoms with van der Waals surface area (Å²) in [4.78, 5) is 0.155. The summed E-state index contributed by atoms with van der Waals surface area (Å²) in [5, 5.41) is 0. The van der Waals surface area contributed by atoms with Gasteiger partial charge in [-0.15, -0.1) is 0 Å². The van der Waals surface area contributed by atoms with Crippen LogP contribution in [0.4, 0.5) is 0 Å². The lowest BCUT2D eigenvalue weighted by Crippen LogP contribution is -1.94. The molecule has 3 nitrogen and oxygen atoms in total. The highest BCUT2D eigenvalue weighted by Crippen LogP contribution is 2.23. The van der Waals surface area contributed by atoms with Crippen molar-refractivity contribution in [3.8, 4) is 0 Å². The van der Waals surface area contributed by atoms with E-state index in [0.29, 0.717) is 11.2 Å². The summed E-state index contributed by atoms with van der Waals surface area (Å²) in [7, 11) is 1.67. The summed E-state index contributed by atoms with van der Waals surface area (Å²) in [6.07, 6.45) is 0.0399. The number of ether oxygens (including phenoxy) is 1. The second-order valence-electron chi connectivity index (χ2n) is 3.04. The van der Waals surface area contributed by atoms with E-state index in [1.807, 2.05) is 25.1 Å². The van der Waals surface area contributed by atoms with Gasteiger partial charge in [0.25, 0.3) is 0 Å². The van der Waals surface area contributed by atoms with Crippen LogP contribution in [0, 0.1) is 4.90 Å². The van der Waals surface area contributed by atoms with Crippen LogP contribution in [0.15, 0.2) is 27.0 Å². The molecule has 0 amide bonds. The zero-order valence-electron chi connectivity index (χ0n) is 7.94. The maximum Gasteiger partial charge on any atom is 0.363 e. The van der Waals surface area contributed by atoms with Crippen molar-refractivity contribution in [2.45, 2.75) is 13.0 Å². The Morgan fingerprint density at radius 2 is 2.00 bits per heavy atom. The third-order valence-electron chi connectivity index (χ3n) is 2.18. The van der Waals surface area contributed by atoms with Gasteiger partial charge in [0.2, 0.25) is 0 Å². The van der Waals surface area contributed by atoms with Gasteiger partial charge in [0, 0.05) is 19.3 Å². The van der Waals surface area contributed by atoms with Crippen molar-refractivity contribution < 1.29 is 13.6 Å². The largest absolute Gasteiger partial charge is 0.413 e. The Hall–Kier alpha value is -1.13. The Labute approximate surface area is 86.3 Å². The van der Waals surface area contributed by atoms with E-state index in [0.717, 1.165) is 5.56 Å². The highest BCUT2D eigenvalue weighted by Gasteiger charge is 2.07. The van der Waals surface area contributed by atoms with Crippen molar-refractivity contribution in [2.24, 2.45) is 0 Å². The molecule has 0 radical (unpaired) electrons. The number of benzene rings is 1. The maximum absolute atomic E-state index is 5.20. The Morgan fingerprint density at radius 1 is 1.29 bits per heavy atom. The van der Waals surface area contributed by atoms with Crippen LogP contribution in [0.5, 0.6) is 0 Å². The molecule has 4 heteroatoms. The third kappa shape index (κ3) is 1.58. The number of rotatable bonds is 2. The van der Waals surface area contributed by atoms with E-state index in [1.54, 1.807) is 7.11 Å². The van der Waals surface area contributed by atoms with Crippen LogP contribution in [0.25, 0.3) is 11.2 Å². The average molecular weight is 210 g/mol. The van der Waals surface area contributed by atoms with Crippen molar-refractivity contribution in [1.82, 2.24) is 0 Å². The molecule has 0 saturated carbocycles. The second-order valence-corrected chi connectivity index (χ2v) is 3.37. The molecule has 1 aromatic carbocycles. The van der Waals surface area contributed by atoms with Gasteiger partial charge >= 0.3 is 4.90 Å². The number of methoxy groups -OCH3 is 1. The molecule has 2 aromatic rings. The molecule has 0 bridgehead atoms.